The van der Waals surface area contributed by atoms with Crippen LogP contribution in [0.5, 0.6) is 5.75 Å². The van der Waals surface area contributed by atoms with Crippen molar-refractivity contribution in [3.8, 4) is 5.75 Å². The molecule has 0 spiro atoms. The Kier molecular flexibility index (Phi) is 4.51. The van der Waals surface area contributed by atoms with Gasteiger partial charge in [0.25, 0.3) is 5.91 Å². The van der Waals surface area contributed by atoms with Crippen LogP contribution in [0.2, 0.25) is 0 Å². The third kappa shape index (κ3) is 3.40. The highest BCUT2D eigenvalue weighted by atomic mass is 16.5. The number of rotatable bonds is 5. The number of fused-ring (bicyclic) bond motifs is 1. The zero-order chi connectivity index (χ0) is 17.1. The number of hydrogen-bond acceptors (Lipinski definition) is 3. The molecule has 124 valence electrons. The van der Waals surface area contributed by atoms with E-state index in [2.05, 4.69) is 10.3 Å². The summed E-state index contributed by atoms with van der Waals surface area (Å²) in [7, 11) is 0. The molecule has 0 atom stereocenters. The Labute approximate surface area is 141 Å². The molecule has 0 radical (unpaired) electrons. The van der Waals surface area contributed by atoms with Gasteiger partial charge in [0.15, 0.2) is 0 Å². The van der Waals surface area contributed by atoms with Crippen molar-refractivity contribution in [2.75, 3.05) is 13.2 Å². The van der Waals surface area contributed by atoms with Gasteiger partial charge in [0.2, 0.25) is 0 Å². The second kappa shape index (κ2) is 6.74. The van der Waals surface area contributed by atoms with Crippen molar-refractivity contribution in [1.29, 1.82) is 0 Å². The van der Waals surface area contributed by atoms with Crippen molar-refractivity contribution in [1.82, 2.24) is 14.7 Å². The Bertz CT molecular complexity index is 883. The van der Waals surface area contributed by atoms with E-state index >= 15 is 0 Å². The Hall–Kier alpha value is -2.82. The molecule has 0 saturated carbocycles. The first-order valence-corrected chi connectivity index (χ1v) is 7.97. The van der Waals surface area contributed by atoms with E-state index < -0.39 is 0 Å². The molecule has 0 bridgehead atoms. The number of imidazole rings is 1. The lowest BCUT2D eigenvalue weighted by Crippen LogP contribution is -2.29. The first kappa shape index (κ1) is 16.1. The maximum atomic E-state index is 12.5. The predicted molar refractivity (Wildman–Crippen MR) is 93.7 cm³/mol. The van der Waals surface area contributed by atoms with Crippen LogP contribution in [0, 0.1) is 20.8 Å². The second-order valence-electron chi connectivity index (χ2n) is 5.90. The van der Waals surface area contributed by atoms with E-state index in [-0.39, 0.29) is 5.91 Å². The van der Waals surface area contributed by atoms with Crippen LogP contribution in [0.15, 0.2) is 42.6 Å². The average Bonchev–Trinajstić information content (AvgIpc) is 2.86. The molecule has 0 aliphatic heterocycles. The summed E-state index contributed by atoms with van der Waals surface area (Å²) in [5.41, 5.74) is 4.30. The number of benzene rings is 1. The van der Waals surface area contributed by atoms with Crippen LogP contribution in [0.4, 0.5) is 0 Å². The van der Waals surface area contributed by atoms with Crippen LogP contribution in [0.25, 0.3) is 5.65 Å². The summed E-state index contributed by atoms with van der Waals surface area (Å²) in [6.07, 6.45) is 1.92. The number of nitrogens with one attached hydrogen (secondary N) is 1. The number of carbonyl (C=O) groups is 1. The molecular formula is C19H21N3O2. The molecule has 1 N–H and O–H groups in total. The molecule has 2 aromatic heterocycles. The predicted octanol–water partition coefficient (Wildman–Crippen LogP) is 3.07. The quantitative estimate of drug-likeness (QED) is 0.734. The van der Waals surface area contributed by atoms with E-state index in [4.69, 9.17) is 4.74 Å². The molecule has 3 rings (SSSR count). The van der Waals surface area contributed by atoms with Gasteiger partial charge in [-0.25, -0.2) is 4.98 Å². The largest absolute Gasteiger partial charge is 0.492 e. The van der Waals surface area contributed by atoms with Crippen molar-refractivity contribution in [3.63, 3.8) is 0 Å². The fourth-order valence-electron chi connectivity index (χ4n) is 2.66. The summed E-state index contributed by atoms with van der Waals surface area (Å²) in [4.78, 5) is 16.9. The highest BCUT2D eigenvalue weighted by Crippen LogP contribution is 2.14. The molecule has 0 aliphatic carbocycles. The summed E-state index contributed by atoms with van der Waals surface area (Å²) in [6.45, 7) is 6.71. The lowest BCUT2D eigenvalue weighted by atomic mass is 10.2. The van der Waals surface area contributed by atoms with Crippen LogP contribution < -0.4 is 10.1 Å². The molecule has 0 unspecified atom stereocenters. The van der Waals surface area contributed by atoms with Crippen molar-refractivity contribution < 1.29 is 9.53 Å². The molecule has 1 amide bonds. The minimum absolute atomic E-state index is 0.140. The third-order valence-corrected chi connectivity index (χ3v) is 3.80. The van der Waals surface area contributed by atoms with Crippen molar-refractivity contribution in [2.45, 2.75) is 20.8 Å². The molecular weight excluding hydrogens is 302 g/mol. The maximum absolute atomic E-state index is 12.5. The van der Waals surface area contributed by atoms with Crippen LogP contribution in [-0.4, -0.2) is 28.4 Å². The van der Waals surface area contributed by atoms with E-state index in [1.54, 1.807) is 0 Å². The number of aryl methyl sites for hydroxylation is 3. The van der Waals surface area contributed by atoms with E-state index in [0.717, 1.165) is 28.2 Å². The van der Waals surface area contributed by atoms with Gasteiger partial charge in [0, 0.05) is 6.20 Å². The van der Waals surface area contributed by atoms with Crippen LogP contribution in [0.3, 0.4) is 0 Å². The minimum Gasteiger partial charge on any atom is -0.492 e. The van der Waals surface area contributed by atoms with Gasteiger partial charge >= 0.3 is 0 Å². The van der Waals surface area contributed by atoms with Crippen LogP contribution in [0.1, 0.15) is 27.3 Å². The van der Waals surface area contributed by atoms with Gasteiger partial charge in [-0.05, 0) is 50.1 Å². The number of ether oxygens (including phenoxy) is 1. The second-order valence-corrected chi connectivity index (χ2v) is 5.90. The van der Waals surface area contributed by atoms with E-state index in [9.17, 15) is 4.79 Å². The first-order chi connectivity index (χ1) is 11.5. The molecule has 0 aliphatic rings. The monoisotopic (exact) mass is 323 g/mol. The van der Waals surface area contributed by atoms with Gasteiger partial charge in [-0.1, -0.05) is 18.2 Å². The number of hydrogen-bond donors (Lipinski definition) is 1. The molecule has 1 aromatic carbocycles. The van der Waals surface area contributed by atoms with Crippen molar-refractivity contribution >= 4 is 11.6 Å². The summed E-state index contributed by atoms with van der Waals surface area (Å²) in [6, 6.07) is 11.8. The standard InChI is InChI=1S/C19H21N3O2/c1-13-5-4-6-16(11-13)24-10-9-20-19(23)18-15(3)21-17-8-7-14(2)12-22(17)18/h4-8,11-12H,9-10H2,1-3H3,(H,20,23). The SMILES string of the molecule is Cc1cccc(OCCNC(=O)c2c(C)nc3ccc(C)cn23)c1. The molecule has 0 fully saturated rings. The smallest absolute Gasteiger partial charge is 0.270 e. The van der Waals surface area contributed by atoms with Gasteiger partial charge in [-0.15, -0.1) is 0 Å². The van der Waals surface area contributed by atoms with Gasteiger partial charge in [-0.2, -0.15) is 0 Å². The highest BCUT2D eigenvalue weighted by Gasteiger charge is 2.16. The average molecular weight is 323 g/mol. The molecule has 3 aromatic rings. The Morgan fingerprint density at radius 2 is 2.00 bits per heavy atom. The fourth-order valence-corrected chi connectivity index (χ4v) is 2.66. The van der Waals surface area contributed by atoms with E-state index in [1.165, 1.54) is 0 Å². The summed E-state index contributed by atoms with van der Waals surface area (Å²) in [5, 5.41) is 2.90. The number of nitrogens with zero attached hydrogens (tertiary/aromatic N) is 2. The van der Waals surface area contributed by atoms with Crippen molar-refractivity contribution in [2.24, 2.45) is 0 Å². The van der Waals surface area contributed by atoms with Crippen LogP contribution >= 0.6 is 0 Å². The molecule has 0 saturated heterocycles. The van der Waals surface area contributed by atoms with Gasteiger partial charge < -0.3 is 10.1 Å². The maximum Gasteiger partial charge on any atom is 0.270 e. The normalized spacial score (nSPS) is 10.8. The lowest BCUT2D eigenvalue weighted by Gasteiger charge is -2.09. The van der Waals surface area contributed by atoms with Crippen LogP contribution in [-0.2, 0) is 0 Å². The van der Waals surface area contributed by atoms with E-state index in [0.29, 0.717) is 18.8 Å². The summed E-state index contributed by atoms with van der Waals surface area (Å²) >= 11 is 0. The third-order valence-electron chi connectivity index (χ3n) is 3.80. The number of pyridine rings is 1. The number of amides is 1. The molecule has 5 nitrogen and oxygen atoms in total. The minimum atomic E-state index is -0.140. The zero-order valence-corrected chi connectivity index (χ0v) is 14.2. The summed E-state index contributed by atoms with van der Waals surface area (Å²) < 4.78 is 7.49. The van der Waals surface area contributed by atoms with Gasteiger partial charge in [0.1, 0.15) is 23.7 Å². The highest BCUT2D eigenvalue weighted by molar-refractivity contribution is 5.94. The summed E-state index contributed by atoms with van der Waals surface area (Å²) in [5.74, 6) is 0.671. The molecule has 2 heterocycles. The van der Waals surface area contributed by atoms with Gasteiger partial charge in [-0.3, -0.25) is 9.20 Å². The number of aromatic nitrogens is 2. The van der Waals surface area contributed by atoms with Gasteiger partial charge in [0.05, 0.1) is 12.2 Å². The lowest BCUT2D eigenvalue weighted by molar-refractivity contribution is 0.0940. The zero-order valence-electron chi connectivity index (χ0n) is 14.2. The Morgan fingerprint density at radius 1 is 1.17 bits per heavy atom. The first-order valence-electron chi connectivity index (χ1n) is 7.97. The topological polar surface area (TPSA) is 55.6 Å². The number of carbonyl (C=O) groups excluding carboxylic acids is 1. The van der Waals surface area contributed by atoms with E-state index in [1.807, 2.05) is 67.8 Å². The van der Waals surface area contributed by atoms with Crippen molar-refractivity contribution in [3.05, 3.63) is 65.1 Å². The fraction of sp³-hybridized carbons (Fsp3) is 0.263. The Morgan fingerprint density at radius 3 is 2.79 bits per heavy atom. The molecule has 24 heavy (non-hydrogen) atoms. The molecule has 5 heteroatoms. The Balaban J connectivity index is 1.63.